The maximum Gasteiger partial charge on any atom is 0.0590 e. The van der Waals surface area contributed by atoms with Crippen LogP contribution in [0.4, 0.5) is 0 Å². The van der Waals surface area contributed by atoms with Gasteiger partial charge in [0.25, 0.3) is 0 Å². The highest BCUT2D eigenvalue weighted by Gasteiger charge is 2.07. The molecule has 0 amide bonds. The van der Waals surface area contributed by atoms with Crippen LogP contribution in [0.3, 0.4) is 0 Å². The minimum Gasteiger partial charge on any atom is -0.321 e. The Balaban J connectivity index is 3.15. The van der Waals surface area contributed by atoms with E-state index in [1.54, 1.807) is 6.08 Å². The molecule has 0 aliphatic rings. The highest BCUT2D eigenvalue weighted by molar-refractivity contribution is 14.1. The Hall–Kier alpha value is -0.0600. The molecule has 0 saturated carbocycles. The summed E-state index contributed by atoms with van der Waals surface area (Å²) < 4.78 is 1.02. The Morgan fingerprint density at radius 2 is 2.25 bits per heavy atom. The molecule has 0 radical (unpaired) electrons. The maximum absolute atomic E-state index is 6.03. The van der Waals surface area contributed by atoms with Gasteiger partial charge in [-0.3, -0.25) is 0 Å². The second-order valence-corrected chi connectivity index (χ2v) is 3.94. The summed E-state index contributed by atoms with van der Waals surface area (Å²) in [5, 5.41) is 0.727. The number of hydrogen-bond acceptors (Lipinski definition) is 1. The van der Waals surface area contributed by atoms with E-state index in [0.717, 1.165) is 14.2 Å². The topological polar surface area (TPSA) is 26.0 Å². The fourth-order valence-corrected chi connectivity index (χ4v) is 1.68. The van der Waals surface area contributed by atoms with Gasteiger partial charge in [0, 0.05) is 9.61 Å². The molecule has 0 bridgehead atoms. The molecule has 0 aliphatic heterocycles. The smallest absolute Gasteiger partial charge is 0.0590 e. The zero-order valence-electron chi connectivity index (χ0n) is 6.43. The van der Waals surface area contributed by atoms with Gasteiger partial charge in [0.15, 0.2) is 0 Å². The number of nitrogens with two attached hydrogens (primary N) is 1. The zero-order valence-corrected chi connectivity index (χ0v) is 9.34. The Labute approximate surface area is 90.7 Å². The van der Waals surface area contributed by atoms with Crippen LogP contribution in [0.2, 0.25) is 5.02 Å². The summed E-state index contributed by atoms with van der Waals surface area (Å²) in [6.07, 6.45) is 1.68. The van der Waals surface area contributed by atoms with Crippen LogP contribution in [-0.4, -0.2) is 0 Å². The first-order chi connectivity index (χ1) is 5.66. The second kappa shape index (κ2) is 4.25. The third-order valence-electron chi connectivity index (χ3n) is 1.59. The molecule has 0 unspecified atom stereocenters. The van der Waals surface area contributed by atoms with E-state index in [-0.39, 0.29) is 6.04 Å². The van der Waals surface area contributed by atoms with Crippen molar-refractivity contribution in [2.45, 2.75) is 6.04 Å². The molecule has 1 aromatic carbocycles. The predicted molar refractivity (Wildman–Crippen MR) is 61.3 cm³/mol. The first-order valence-corrected chi connectivity index (χ1v) is 4.94. The van der Waals surface area contributed by atoms with E-state index in [1.807, 2.05) is 18.2 Å². The van der Waals surface area contributed by atoms with Gasteiger partial charge in [-0.2, -0.15) is 0 Å². The van der Waals surface area contributed by atoms with Gasteiger partial charge in [-0.1, -0.05) is 29.8 Å². The van der Waals surface area contributed by atoms with E-state index >= 15 is 0 Å². The van der Waals surface area contributed by atoms with Crippen molar-refractivity contribution in [3.8, 4) is 0 Å². The maximum atomic E-state index is 6.03. The molecule has 0 spiro atoms. The van der Waals surface area contributed by atoms with Gasteiger partial charge < -0.3 is 5.73 Å². The Kier molecular flexibility index (Phi) is 3.55. The molecule has 0 saturated heterocycles. The number of halogens is 2. The van der Waals surface area contributed by atoms with Gasteiger partial charge in [0.1, 0.15) is 0 Å². The molecule has 0 fully saturated rings. The van der Waals surface area contributed by atoms with Crippen LogP contribution in [0, 0.1) is 3.57 Å². The predicted octanol–water partition coefficient (Wildman–Crippen LogP) is 3.13. The fourth-order valence-electron chi connectivity index (χ4n) is 0.905. The van der Waals surface area contributed by atoms with Crippen LogP contribution in [-0.2, 0) is 0 Å². The average molecular weight is 294 g/mol. The summed E-state index contributed by atoms with van der Waals surface area (Å²) in [6.45, 7) is 3.62. The van der Waals surface area contributed by atoms with Crippen LogP contribution < -0.4 is 5.73 Å². The molecule has 64 valence electrons. The van der Waals surface area contributed by atoms with E-state index in [9.17, 15) is 0 Å². The van der Waals surface area contributed by atoms with Crippen molar-refractivity contribution < 1.29 is 0 Å². The number of rotatable bonds is 2. The van der Waals surface area contributed by atoms with Gasteiger partial charge in [0.2, 0.25) is 0 Å². The lowest BCUT2D eigenvalue weighted by atomic mass is 10.1. The van der Waals surface area contributed by atoms with Crippen molar-refractivity contribution in [3.63, 3.8) is 0 Å². The lowest BCUT2D eigenvalue weighted by Gasteiger charge is -2.09. The SMILES string of the molecule is C=C[C@H](N)c1cccc(I)c1Cl. The number of benzene rings is 1. The van der Waals surface area contributed by atoms with Crippen LogP contribution in [0.1, 0.15) is 11.6 Å². The van der Waals surface area contributed by atoms with Crippen molar-refractivity contribution in [2.24, 2.45) is 5.73 Å². The third-order valence-corrected chi connectivity index (χ3v) is 3.23. The molecule has 12 heavy (non-hydrogen) atoms. The quantitative estimate of drug-likeness (QED) is 0.658. The molecule has 0 aromatic heterocycles. The van der Waals surface area contributed by atoms with Crippen molar-refractivity contribution in [1.82, 2.24) is 0 Å². The summed E-state index contributed by atoms with van der Waals surface area (Å²) in [5.41, 5.74) is 6.69. The third kappa shape index (κ3) is 2.00. The minimum absolute atomic E-state index is 0.174. The molecule has 0 heterocycles. The zero-order chi connectivity index (χ0) is 9.14. The van der Waals surface area contributed by atoms with Crippen LogP contribution >= 0.6 is 34.2 Å². The fraction of sp³-hybridized carbons (Fsp3) is 0.111. The van der Waals surface area contributed by atoms with E-state index < -0.39 is 0 Å². The molecule has 1 nitrogen and oxygen atoms in total. The molecule has 1 atom stereocenters. The highest BCUT2D eigenvalue weighted by atomic mass is 127. The first kappa shape index (κ1) is 10.0. The van der Waals surface area contributed by atoms with Crippen LogP contribution in [0.25, 0.3) is 0 Å². The molecular formula is C9H9ClIN. The van der Waals surface area contributed by atoms with Crippen molar-refractivity contribution >= 4 is 34.2 Å². The average Bonchev–Trinajstić information content (AvgIpc) is 2.08. The largest absolute Gasteiger partial charge is 0.321 e. The molecule has 0 aliphatic carbocycles. The van der Waals surface area contributed by atoms with Gasteiger partial charge in [-0.25, -0.2) is 0 Å². The monoisotopic (exact) mass is 293 g/mol. The lowest BCUT2D eigenvalue weighted by molar-refractivity contribution is 0.913. The van der Waals surface area contributed by atoms with Crippen molar-refractivity contribution in [2.75, 3.05) is 0 Å². The molecule has 3 heteroatoms. The normalized spacial score (nSPS) is 12.6. The summed E-state index contributed by atoms with van der Waals surface area (Å²) in [6, 6.07) is 5.62. The van der Waals surface area contributed by atoms with Crippen molar-refractivity contribution in [3.05, 3.63) is 45.0 Å². The van der Waals surface area contributed by atoms with Gasteiger partial charge in [-0.15, -0.1) is 6.58 Å². The molecule has 1 rings (SSSR count). The van der Waals surface area contributed by atoms with E-state index in [1.165, 1.54) is 0 Å². The minimum atomic E-state index is -0.174. The molecular weight excluding hydrogens is 284 g/mol. The standard InChI is InChI=1S/C9H9ClIN/c1-2-8(12)6-4-3-5-7(11)9(6)10/h2-5,8H,1,12H2/t8-/m0/s1. The molecule has 2 N–H and O–H groups in total. The van der Waals surface area contributed by atoms with E-state index in [0.29, 0.717) is 0 Å². The van der Waals surface area contributed by atoms with Gasteiger partial charge in [-0.05, 0) is 34.2 Å². The van der Waals surface area contributed by atoms with E-state index in [2.05, 4.69) is 29.2 Å². The lowest BCUT2D eigenvalue weighted by Crippen LogP contribution is -2.07. The summed E-state index contributed by atoms with van der Waals surface area (Å²) >= 11 is 8.21. The van der Waals surface area contributed by atoms with Gasteiger partial charge >= 0.3 is 0 Å². The first-order valence-electron chi connectivity index (χ1n) is 3.49. The summed E-state index contributed by atoms with van der Waals surface area (Å²) in [4.78, 5) is 0. The summed E-state index contributed by atoms with van der Waals surface area (Å²) in [7, 11) is 0. The van der Waals surface area contributed by atoms with Crippen LogP contribution in [0.5, 0.6) is 0 Å². The van der Waals surface area contributed by atoms with Crippen molar-refractivity contribution in [1.29, 1.82) is 0 Å². The number of hydrogen-bond donors (Lipinski definition) is 1. The van der Waals surface area contributed by atoms with E-state index in [4.69, 9.17) is 17.3 Å². The Bertz CT molecular complexity index is 299. The Morgan fingerprint density at radius 3 is 2.83 bits per heavy atom. The molecule has 1 aromatic rings. The van der Waals surface area contributed by atoms with Gasteiger partial charge in [0.05, 0.1) is 5.02 Å². The van der Waals surface area contributed by atoms with Crippen LogP contribution in [0.15, 0.2) is 30.9 Å². The highest BCUT2D eigenvalue weighted by Crippen LogP contribution is 2.26. The Morgan fingerprint density at radius 1 is 1.58 bits per heavy atom. The summed E-state index contributed by atoms with van der Waals surface area (Å²) in [5.74, 6) is 0. The second-order valence-electron chi connectivity index (χ2n) is 2.40.